The van der Waals surface area contributed by atoms with E-state index >= 15 is 0 Å². The van der Waals surface area contributed by atoms with Gasteiger partial charge in [0, 0.05) is 24.2 Å². The molecular weight excluding hydrogens is 298 g/mol. The molecule has 3 aromatic rings. The van der Waals surface area contributed by atoms with Gasteiger partial charge in [0.25, 0.3) is 5.91 Å². The summed E-state index contributed by atoms with van der Waals surface area (Å²) in [7, 11) is 0. The van der Waals surface area contributed by atoms with E-state index in [9.17, 15) is 4.79 Å². The quantitative estimate of drug-likeness (QED) is 0.791. The lowest BCUT2D eigenvalue weighted by Crippen LogP contribution is -2.21. The van der Waals surface area contributed by atoms with Crippen molar-refractivity contribution in [2.24, 2.45) is 0 Å². The zero-order valence-electron chi connectivity index (χ0n) is 13.4. The van der Waals surface area contributed by atoms with Crippen molar-refractivity contribution < 1.29 is 4.79 Å². The average Bonchev–Trinajstić information content (AvgIpc) is 3.17. The first-order chi connectivity index (χ1) is 11.8. The average molecular weight is 317 g/mol. The Labute approximate surface area is 141 Å². The molecule has 0 spiro atoms. The molecule has 1 N–H and O–H groups in total. The van der Waals surface area contributed by atoms with Crippen molar-refractivity contribution in [1.29, 1.82) is 0 Å². The molecule has 24 heavy (non-hydrogen) atoms. The van der Waals surface area contributed by atoms with E-state index in [4.69, 9.17) is 0 Å². The first kappa shape index (κ1) is 14.7. The molecule has 1 aliphatic rings. The number of aromatic nitrogens is 1. The normalized spacial score (nSPS) is 14.1. The van der Waals surface area contributed by atoms with Gasteiger partial charge in [-0.15, -0.1) is 0 Å². The smallest absolute Gasteiger partial charge is 0.274 e. The molecule has 1 aliphatic heterocycles. The molecule has 0 radical (unpaired) electrons. The summed E-state index contributed by atoms with van der Waals surface area (Å²) < 4.78 is 0. The second kappa shape index (κ2) is 6.32. The Morgan fingerprint density at radius 3 is 2.54 bits per heavy atom. The van der Waals surface area contributed by atoms with E-state index in [1.807, 2.05) is 54.6 Å². The number of carbonyl (C=O) groups excluding carboxylic acids is 1. The summed E-state index contributed by atoms with van der Waals surface area (Å²) in [5, 5.41) is 5.14. The van der Waals surface area contributed by atoms with Gasteiger partial charge in [0.1, 0.15) is 11.5 Å². The first-order valence-corrected chi connectivity index (χ1v) is 8.32. The molecule has 1 saturated heterocycles. The van der Waals surface area contributed by atoms with Crippen LogP contribution >= 0.6 is 0 Å². The van der Waals surface area contributed by atoms with Crippen molar-refractivity contribution in [3.63, 3.8) is 0 Å². The van der Waals surface area contributed by atoms with E-state index in [1.165, 1.54) is 12.8 Å². The number of hydrogen-bond donors (Lipinski definition) is 1. The fourth-order valence-electron chi connectivity index (χ4n) is 3.19. The van der Waals surface area contributed by atoms with E-state index in [2.05, 4.69) is 15.2 Å². The SMILES string of the molecule is O=C(Nc1cccc2ccccc12)c1cccc(N2CCCC2)n1. The Balaban J connectivity index is 1.61. The van der Waals surface area contributed by atoms with Crippen LogP contribution in [0.2, 0.25) is 0 Å². The molecule has 120 valence electrons. The summed E-state index contributed by atoms with van der Waals surface area (Å²) in [6.45, 7) is 2.03. The van der Waals surface area contributed by atoms with Gasteiger partial charge in [0.2, 0.25) is 0 Å². The van der Waals surface area contributed by atoms with Crippen molar-refractivity contribution in [3.8, 4) is 0 Å². The molecule has 0 bridgehead atoms. The topological polar surface area (TPSA) is 45.2 Å². The van der Waals surface area contributed by atoms with Crippen molar-refractivity contribution in [1.82, 2.24) is 4.98 Å². The third-order valence-corrected chi connectivity index (χ3v) is 4.43. The number of nitrogens with one attached hydrogen (secondary N) is 1. The number of carbonyl (C=O) groups is 1. The van der Waals surface area contributed by atoms with Crippen LogP contribution in [-0.2, 0) is 0 Å². The summed E-state index contributed by atoms with van der Waals surface area (Å²) in [5.41, 5.74) is 1.26. The lowest BCUT2D eigenvalue weighted by Gasteiger charge is -2.16. The largest absolute Gasteiger partial charge is 0.357 e. The third kappa shape index (κ3) is 2.83. The van der Waals surface area contributed by atoms with Gasteiger partial charge in [-0.25, -0.2) is 4.98 Å². The summed E-state index contributed by atoms with van der Waals surface area (Å²) in [6, 6.07) is 19.6. The van der Waals surface area contributed by atoms with Gasteiger partial charge in [0.15, 0.2) is 0 Å². The number of hydrogen-bond acceptors (Lipinski definition) is 3. The Bertz CT molecular complexity index is 879. The van der Waals surface area contributed by atoms with E-state index in [0.29, 0.717) is 5.69 Å². The number of fused-ring (bicyclic) bond motifs is 1. The molecule has 0 unspecified atom stereocenters. The lowest BCUT2D eigenvalue weighted by atomic mass is 10.1. The molecular formula is C20H19N3O. The molecule has 4 heteroatoms. The van der Waals surface area contributed by atoms with Crippen molar-refractivity contribution in [3.05, 3.63) is 66.4 Å². The highest BCUT2D eigenvalue weighted by molar-refractivity contribution is 6.08. The number of rotatable bonds is 3. The molecule has 1 aromatic heterocycles. The van der Waals surface area contributed by atoms with E-state index < -0.39 is 0 Å². The minimum absolute atomic E-state index is 0.174. The molecule has 0 aliphatic carbocycles. The van der Waals surface area contributed by atoms with Gasteiger partial charge in [-0.3, -0.25) is 4.79 Å². The van der Waals surface area contributed by atoms with Crippen molar-refractivity contribution in [2.45, 2.75) is 12.8 Å². The molecule has 2 heterocycles. The van der Waals surface area contributed by atoms with Crippen LogP contribution in [0.3, 0.4) is 0 Å². The highest BCUT2D eigenvalue weighted by atomic mass is 16.1. The van der Waals surface area contributed by atoms with Crippen LogP contribution in [0.1, 0.15) is 23.3 Å². The maximum atomic E-state index is 12.6. The second-order valence-corrected chi connectivity index (χ2v) is 6.06. The van der Waals surface area contributed by atoms with E-state index in [1.54, 1.807) is 6.07 Å². The van der Waals surface area contributed by atoms with Crippen LogP contribution < -0.4 is 10.2 Å². The fourth-order valence-corrected chi connectivity index (χ4v) is 3.19. The Morgan fingerprint density at radius 1 is 0.917 bits per heavy atom. The maximum Gasteiger partial charge on any atom is 0.274 e. The molecule has 2 aromatic carbocycles. The van der Waals surface area contributed by atoms with Gasteiger partial charge in [-0.2, -0.15) is 0 Å². The van der Waals surface area contributed by atoms with Crippen LogP contribution in [-0.4, -0.2) is 24.0 Å². The van der Waals surface area contributed by atoms with Crippen LogP contribution in [0.4, 0.5) is 11.5 Å². The summed E-state index contributed by atoms with van der Waals surface area (Å²) in [5.74, 6) is 0.713. The van der Waals surface area contributed by atoms with Gasteiger partial charge in [0.05, 0.1) is 0 Å². The Morgan fingerprint density at radius 2 is 1.67 bits per heavy atom. The monoisotopic (exact) mass is 317 g/mol. The zero-order valence-corrected chi connectivity index (χ0v) is 13.4. The number of pyridine rings is 1. The van der Waals surface area contributed by atoms with Crippen LogP contribution in [0.25, 0.3) is 10.8 Å². The van der Waals surface area contributed by atoms with Crippen LogP contribution in [0, 0.1) is 0 Å². The molecule has 4 rings (SSSR count). The third-order valence-electron chi connectivity index (χ3n) is 4.43. The van der Waals surface area contributed by atoms with Gasteiger partial charge < -0.3 is 10.2 Å². The lowest BCUT2D eigenvalue weighted by molar-refractivity contribution is 0.102. The molecule has 4 nitrogen and oxygen atoms in total. The van der Waals surface area contributed by atoms with Gasteiger partial charge in [-0.05, 0) is 36.4 Å². The van der Waals surface area contributed by atoms with E-state index in [0.717, 1.165) is 35.4 Å². The maximum absolute atomic E-state index is 12.6. The fraction of sp³-hybridized carbons (Fsp3) is 0.200. The number of nitrogens with zero attached hydrogens (tertiary/aromatic N) is 2. The predicted octanol–water partition coefficient (Wildman–Crippen LogP) is 4.09. The minimum Gasteiger partial charge on any atom is -0.357 e. The number of benzene rings is 2. The minimum atomic E-state index is -0.174. The highest BCUT2D eigenvalue weighted by Gasteiger charge is 2.16. The zero-order chi connectivity index (χ0) is 16.4. The van der Waals surface area contributed by atoms with Crippen LogP contribution in [0.15, 0.2) is 60.7 Å². The second-order valence-electron chi connectivity index (χ2n) is 6.06. The Kier molecular flexibility index (Phi) is 3.87. The number of anilines is 2. The first-order valence-electron chi connectivity index (χ1n) is 8.32. The van der Waals surface area contributed by atoms with Crippen molar-refractivity contribution >= 4 is 28.2 Å². The summed E-state index contributed by atoms with van der Waals surface area (Å²) in [6.07, 6.45) is 2.38. The standard InChI is InChI=1S/C20H19N3O/c24-20(18-11-6-12-19(21-18)23-13-3-4-14-23)22-17-10-5-8-15-7-1-2-9-16(15)17/h1-2,5-12H,3-4,13-14H2,(H,22,24). The molecule has 1 amide bonds. The summed E-state index contributed by atoms with van der Waals surface area (Å²) >= 11 is 0. The Hall–Kier alpha value is -2.88. The summed E-state index contributed by atoms with van der Waals surface area (Å²) in [4.78, 5) is 19.4. The van der Waals surface area contributed by atoms with Gasteiger partial charge in [-0.1, -0.05) is 42.5 Å². The van der Waals surface area contributed by atoms with E-state index in [-0.39, 0.29) is 5.91 Å². The molecule has 1 fully saturated rings. The van der Waals surface area contributed by atoms with Gasteiger partial charge >= 0.3 is 0 Å². The number of amides is 1. The van der Waals surface area contributed by atoms with Crippen molar-refractivity contribution in [2.75, 3.05) is 23.3 Å². The van der Waals surface area contributed by atoms with Crippen LogP contribution in [0.5, 0.6) is 0 Å². The highest BCUT2D eigenvalue weighted by Crippen LogP contribution is 2.24. The molecule has 0 atom stereocenters. The molecule has 0 saturated carbocycles. The predicted molar refractivity (Wildman–Crippen MR) is 97.6 cm³/mol.